The highest BCUT2D eigenvalue weighted by atomic mass is 14.1. The van der Waals surface area contributed by atoms with Gasteiger partial charge in [-0.2, -0.15) is 0 Å². The SMILES string of the molecule is Cc1cccc(/C=C/C(C)(C)C)c1. The van der Waals surface area contributed by atoms with Crippen LogP contribution in [0.3, 0.4) is 0 Å². The lowest BCUT2D eigenvalue weighted by atomic mass is 9.95. The summed E-state index contributed by atoms with van der Waals surface area (Å²) in [5.41, 5.74) is 2.87. The van der Waals surface area contributed by atoms with Gasteiger partial charge in [0.25, 0.3) is 0 Å². The third-order valence-corrected chi connectivity index (χ3v) is 1.82. The molecule has 0 aliphatic heterocycles. The molecule has 0 atom stereocenters. The number of rotatable bonds is 1. The molecular formula is C13H18. The highest BCUT2D eigenvalue weighted by Crippen LogP contribution is 2.17. The molecule has 0 heteroatoms. The van der Waals surface area contributed by atoms with Crippen LogP contribution in [0.1, 0.15) is 31.9 Å². The van der Waals surface area contributed by atoms with Crippen LogP contribution < -0.4 is 0 Å². The molecule has 0 saturated carbocycles. The number of benzene rings is 1. The van der Waals surface area contributed by atoms with Crippen LogP contribution in [0.15, 0.2) is 30.3 Å². The third-order valence-electron chi connectivity index (χ3n) is 1.82. The molecule has 0 aliphatic rings. The minimum absolute atomic E-state index is 0.268. The van der Waals surface area contributed by atoms with Crippen LogP contribution in [0.5, 0.6) is 0 Å². The van der Waals surface area contributed by atoms with Crippen LogP contribution in [0.4, 0.5) is 0 Å². The Hall–Kier alpha value is -1.04. The first-order chi connectivity index (χ1) is 5.97. The summed E-state index contributed by atoms with van der Waals surface area (Å²) in [5, 5.41) is 0. The van der Waals surface area contributed by atoms with Crippen LogP contribution in [0.2, 0.25) is 0 Å². The van der Waals surface area contributed by atoms with Gasteiger partial charge in [0, 0.05) is 0 Å². The van der Waals surface area contributed by atoms with Crippen molar-refractivity contribution in [3.63, 3.8) is 0 Å². The summed E-state index contributed by atoms with van der Waals surface area (Å²) in [7, 11) is 0. The second-order valence-corrected chi connectivity index (χ2v) is 4.61. The van der Waals surface area contributed by atoms with Gasteiger partial charge in [0.15, 0.2) is 0 Å². The van der Waals surface area contributed by atoms with E-state index in [0.717, 1.165) is 0 Å². The molecule has 0 radical (unpaired) electrons. The van der Waals surface area contributed by atoms with E-state index in [1.165, 1.54) is 11.1 Å². The van der Waals surface area contributed by atoms with E-state index >= 15 is 0 Å². The van der Waals surface area contributed by atoms with Crippen LogP contribution in [0, 0.1) is 12.3 Å². The summed E-state index contributed by atoms with van der Waals surface area (Å²) in [5.74, 6) is 0. The molecular weight excluding hydrogens is 156 g/mol. The van der Waals surface area contributed by atoms with Crippen molar-refractivity contribution in [3.05, 3.63) is 41.5 Å². The topological polar surface area (TPSA) is 0 Å². The lowest BCUT2D eigenvalue weighted by Gasteiger charge is -2.10. The van der Waals surface area contributed by atoms with Crippen molar-refractivity contribution in [1.82, 2.24) is 0 Å². The highest BCUT2D eigenvalue weighted by Gasteiger charge is 2.02. The lowest BCUT2D eigenvalue weighted by Crippen LogP contribution is -1.97. The first kappa shape index (κ1) is 10.0. The minimum atomic E-state index is 0.268. The molecule has 0 amide bonds. The lowest BCUT2D eigenvalue weighted by molar-refractivity contribution is 0.547. The molecule has 70 valence electrons. The van der Waals surface area contributed by atoms with E-state index in [1.54, 1.807) is 0 Å². The van der Waals surface area contributed by atoms with Gasteiger partial charge >= 0.3 is 0 Å². The summed E-state index contributed by atoms with van der Waals surface area (Å²) in [4.78, 5) is 0. The number of hydrogen-bond donors (Lipinski definition) is 0. The second kappa shape index (κ2) is 3.78. The van der Waals surface area contributed by atoms with Crippen molar-refractivity contribution in [2.45, 2.75) is 27.7 Å². The van der Waals surface area contributed by atoms with Crippen LogP contribution in [0.25, 0.3) is 6.08 Å². The van der Waals surface area contributed by atoms with E-state index < -0.39 is 0 Å². The smallest absolute Gasteiger partial charge is 0.0200 e. The number of hydrogen-bond acceptors (Lipinski definition) is 0. The number of allylic oxidation sites excluding steroid dienone is 1. The molecule has 1 aromatic rings. The summed E-state index contributed by atoms with van der Waals surface area (Å²) in [6, 6.07) is 8.55. The third kappa shape index (κ3) is 3.93. The molecule has 0 bridgehead atoms. The van der Waals surface area contributed by atoms with Gasteiger partial charge in [-0.15, -0.1) is 0 Å². The molecule has 0 fully saturated rings. The average molecular weight is 174 g/mol. The zero-order chi connectivity index (χ0) is 9.90. The standard InChI is InChI=1S/C13H18/c1-11-6-5-7-12(10-11)8-9-13(2,3)4/h5-10H,1-4H3/b9-8+. The maximum absolute atomic E-state index is 2.24. The molecule has 0 nitrogen and oxygen atoms in total. The minimum Gasteiger partial charge on any atom is -0.0785 e. The summed E-state index contributed by atoms with van der Waals surface area (Å²) in [6.07, 6.45) is 4.43. The predicted molar refractivity (Wildman–Crippen MR) is 59.7 cm³/mol. The summed E-state index contributed by atoms with van der Waals surface area (Å²) < 4.78 is 0. The first-order valence-electron chi connectivity index (χ1n) is 4.73. The Kier molecular flexibility index (Phi) is 2.92. The van der Waals surface area contributed by atoms with Crippen LogP contribution in [-0.2, 0) is 0 Å². The molecule has 0 aliphatic carbocycles. The molecule has 0 saturated heterocycles. The molecule has 1 aromatic carbocycles. The molecule has 0 aromatic heterocycles. The summed E-state index contributed by atoms with van der Waals surface area (Å²) in [6.45, 7) is 8.74. The van der Waals surface area contributed by atoms with Crippen molar-refractivity contribution < 1.29 is 0 Å². The quantitative estimate of drug-likeness (QED) is 0.602. The van der Waals surface area contributed by atoms with E-state index in [4.69, 9.17) is 0 Å². The van der Waals surface area contributed by atoms with Gasteiger partial charge in [-0.3, -0.25) is 0 Å². The van der Waals surface area contributed by atoms with Crippen LogP contribution >= 0.6 is 0 Å². The largest absolute Gasteiger partial charge is 0.0785 e. The molecule has 0 spiro atoms. The Bertz CT molecular complexity index is 300. The highest BCUT2D eigenvalue weighted by molar-refractivity contribution is 5.50. The van der Waals surface area contributed by atoms with Gasteiger partial charge in [-0.1, -0.05) is 62.8 Å². The van der Waals surface area contributed by atoms with Gasteiger partial charge in [0.1, 0.15) is 0 Å². The van der Waals surface area contributed by atoms with Gasteiger partial charge < -0.3 is 0 Å². The zero-order valence-electron chi connectivity index (χ0n) is 8.96. The Morgan fingerprint density at radius 3 is 2.38 bits per heavy atom. The van der Waals surface area contributed by atoms with E-state index in [1.807, 2.05) is 0 Å². The van der Waals surface area contributed by atoms with Crippen molar-refractivity contribution in [3.8, 4) is 0 Å². The van der Waals surface area contributed by atoms with Gasteiger partial charge in [-0.25, -0.2) is 0 Å². The van der Waals surface area contributed by atoms with E-state index in [9.17, 15) is 0 Å². The Balaban J connectivity index is 2.80. The zero-order valence-corrected chi connectivity index (χ0v) is 8.96. The molecule has 1 rings (SSSR count). The fourth-order valence-electron chi connectivity index (χ4n) is 1.12. The maximum atomic E-state index is 2.24. The fourth-order valence-corrected chi connectivity index (χ4v) is 1.12. The van der Waals surface area contributed by atoms with Crippen LogP contribution in [-0.4, -0.2) is 0 Å². The Morgan fingerprint density at radius 1 is 1.15 bits per heavy atom. The van der Waals surface area contributed by atoms with Gasteiger partial charge in [-0.05, 0) is 17.9 Å². The van der Waals surface area contributed by atoms with E-state index in [-0.39, 0.29) is 5.41 Å². The monoisotopic (exact) mass is 174 g/mol. The normalized spacial score (nSPS) is 12.3. The summed E-state index contributed by atoms with van der Waals surface area (Å²) >= 11 is 0. The van der Waals surface area contributed by atoms with Gasteiger partial charge in [0.05, 0.1) is 0 Å². The Morgan fingerprint density at radius 2 is 1.85 bits per heavy atom. The predicted octanol–water partition coefficient (Wildman–Crippen LogP) is 4.05. The van der Waals surface area contributed by atoms with E-state index in [0.29, 0.717) is 0 Å². The Labute approximate surface area is 81.3 Å². The molecule has 0 heterocycles. The van der Waals surface area contributed by atoms with Crippen molar-refractivity contribution in [2.75, 3.05) is 0 Å². The molecule has 0 unspecified atom stereocenters. The fraction of sp³-hybridized carbons (Fsp3) is 0.385. The van der Waals surface area contributed by atoms with E-state index in [2.05, 4.69) is 64.1 Å². The maximum Gasteiger partial charge on any atom is -0.0200 e. The van der Waals surface area contributed by atoms with Crippen molar-refractivity contribution in [1.29, 1.82) is 0 Å². The van der Waals surface area contributed by atoms with Crippen molar-refractivity contribution >= 4 is 6.08 Å². The average Bonchev–Trinajstić information content (AvgIpc) is 2.00. The van der Waals surface area contributed by atoms with Gasteiger partial charge in [0.2, 0.25) is 0 Å². The number of aryl methyl sites for hydroxylation is 1. The molecule has 13 heavy (non-hydrogen) atoms. The molecule has 0 N–H and O–H groups in total. The first-order valence-corrected chi connectivity index (χ1v) is 4.73. The second-order valence-electron chi connectivity index (χ2n) is 4.61. The van der Waals surface area contributed by atoms with Crippen molar-refractivity contribution in [2.24, 2.45) is 5.41 Å².